The van der Waals surface area contributed by atoms with Crippen molar-refractivity contribution in [3.63, 3.8) is 0 Å². The Kier molecular flexibility index (Phi) is 10.5. The molecule has 0 spiro atoms. The molecule has 0 bridgehead atoms. The van der Waals surface area contributed by atoms with Gasteiger partial charge in [0.15, 0.2) is 5.96 Å². The largest absolute Gasteiger partial charge is 0.357 e. The molecule has 0 radical (unpaired) electrons. The van der Waals surface area contributed by atoms with Gasteiger partial charge >= 0.3 is 0 Å². The molecule has 0 atom stereocenters. The van der Waals surface area contributed by atoms with Crippen LogP contribution in [0.4, 0.5) is 0 Å². The number of hydrogen-bond acceptors (Lipinski definition) is 3. The monoisotopic (exact) mass is 556 g/mol. The lowest BCUT2D eigenvalue weighted by atomic mass is 10.2. The van der Waals surface area contributed by atoms with Crippen LogP contribution in [-0.4, -0.2) is 28.0 Å². The fourth-order valence-electron chi connectivity index (χ4n) is 2.28. The molecule has 154 valence electrons. The van der Waals surface area contributed by atoms with Crippen LogP contribution in [0, 0.1) is 0 Å². The van der Waals surface area contributed by atoms with Gasteiger partial charge in [-0.05, 0) is 49.4 Å². The molecule has 0 saturated heterocycles. The van der Waals surface area contributed by atoms with E-state index in [1.165, 1.54) is 7.05 Å². The van der Waals surface area contributed by atoms with Gasteiger partial charge in [-0.15, -0.1) is 24.0 Å². The van der Waals surface area contributed by atoms with Crippen molar-refractivity contribution in [3.05, 3.63) is 63.6 Å². The first-order valence-corrected chi connectivity index (χ1v) is 10.6. The lowest BCUT2D eigenvalue weighted by molar-refractivity contribution is 0.588. The molecule has 0 saturated carbocycles. The zero-order valence-electron chi connectivity index (χ0n) is 15.5. The first-order valence-electron chi connectivity index (χ1n) is 8.34. The van der Waals surface area contributed by atoms with Crippen LogP contribution in [-0.2, 0) is 23.1 Å². The highest BCUT2D eigenvalue weighted by Crippen LogP contribution is 2.20. The molecule has 2 aromatic rings. The van der Waals surface area contributed by atoms with Crippen molar-refractivity contribution in [1.82, 2.24) is 15.4 Å². The molecule has 0 aliphatic rings. The van der Waals surface area contributed by atoms with Gasteiger partial charge in [0, 0.05) is 23.1 Å². The summed E-state index contributed by atoms with van der Waals surface area (Å²) < 4.78 is 26.1. The molecule has 6 nitrogen and oxygen atoms in total. The number of guanidine groups is 1. The molecule has 28 heavy (non-hydrogen) atoms. The highest BCUT2D eigenvalue weighted by Gasteiger charge is 2.11. The number of sulfonamides is 1. The SMILES string of the molecule is CCNC(=NCc1cccc(S(=O)(=O)NC)c1)NCc1ccc(Cl)cc1Cl.I. The van der Waals surface area contributed by atoms with Crippen molar-refractivity contribution in [2.75, 3.05) is 13.6 Å². The molecule has 2 rings (SSSR count). The number of nitrogens with zero attached hydrogens (tertiary/aromatic N) is 1. The molecule has 0 unspecified atom stereocenters. The Hall–Kier alpha value is -1.07. The van der Waals surface area contributed by atoms with Crippen LogP contribution >= 0.6 is 47.2 Å². The molecular formula is C18H23Cl2IN4O2S. The Balaban J connectivity index is 0.00000392. The van der Waals surface area contributed by atoms with E-state index in [1.807, 2.05) is 19.1 Å². The number of hydrogen-bond donors (Lipinski definition) is 3. The first-order chi connectivity index (χ1) is 12.9. The average molecular weight is 557 g/mol. The van der Waals surface area contributed by atoms with Crippen molar-refractivity contribution in [2.45, 2.75) is 24.9 Å². The summed E-state index contributed by atoms with van der Waals surface area (Å²) in [5.74, 6) is 0.602. The van der Waals surface area contributed by atoms with E-state index in [9.17, 15) is 8.42 Å². The van der Waals surface area contributed by atoms with Gasteiger partial charge in [-0.2, -0.15) is 0 Å². The highest BCUT2D eigenvalue weighted by atomic mass is 127. The predicted octanol–water partition coefficient (Wildman–Crippen LogP) is 3.77. The molecule has 10 heteroatoms. The van der Waals surface area contributed by atoms with Crippen LogP contribution in [0.3, 0.4) is 0 Å². The first kappa shape index (κ1) is 25.0. The van der Waals surface area contributed by atoms with Crippen molar-refractivity contribution in [2.24, 2.45) is 4.99 Å². The van der Waals surface area contributed by atoms with E-state index in [0.29, 0.717) is 35.6 Å². The van der Waals surface area contributed by atoms with Gasteiger partial charge in [-0.1, -0.05) is 41.4 Å². The number of rotatable bonds is 7. The molecule has 0 fully saturated rings. The topological polar surface area (TPSA) is 82.6 Å². The van der Waals surface area contributed by atoms with Gasteiger partial charge < -0.3 is 10.6 Å². The standard InChI is InChI=1S/C18H22Cl2N4O2S.HI/c1-3-22-18(24-12-14-7-8-15(19)10-17(14)20)23-11-13-5-4-6-16(9-13)27(25,26)21-2;/h4-10,21H,3,11-12H2,1-2H3,(H2,22,23,24);1H. The van der Waals surface area contributed by atoms with Gasteiger partial charge in [0.05, 0.1) is 11.4 Å². The highest BCUT2D eigenvalue weighted by molar-refractivity contribution is 14.0. The Morgan fingerprint density at radius 3 is 2.50 bits per heavy atom. The fourth-order valence-corrected chi connectivity index (χ4v) is 3.56. The molecule has 0 aromatic heterocycles. The van der Waals surface area contributed by atoms with E-state index in [-0.39, 0.29) is 28.9 Å². The van der Waals surface area contributed by atoms with Gasteiger partial charge in [-0.25, -0.2) is 18.1 Å². The zero-order valence-corrected chi connectivity index (χ0v) is 20.2. The van der Waals surface area contributed by atoms with Gasteiger partial charge in [0.25, 0.3) is 0 Å². The van der Waals surface area contributed by atoms with Crippen molar-refractivity contribution in [1.29, 1.82) is 0 Å². The lowest BCUT2D eigenvalue weighted by Gasteiger charge is -2.12. The third-order valence-corrected chi connectivity index (χ3v) is 5.70. The zero-order chi connectivity index (χ0) is 19.9. The summed E-state index contributed by atoms with van der Waals surface area (Å²) in [6.45, 7) is 3.47. The summed E-state index contributed by atoms with van der Waals surface area (Å²) in [6, 6.07) is 12.0. The summed E-state index contributed by atoms with van der Waals surface area (Å²) >= 11 is 12.1. The Morgan fingerprint density at radius 2 is 1.86 bits per heavy atom. The maximum atomic E-state index is 11.9. The van der Waals surface area contributed by atoms with E-state index in [4.69, 9.17) is 23.2 Å². The van der Waals surface area contributed by atoms with Crippen LogP contribution in [0.2, 0.25) is 10.0 Å². The predicted molar refractivity (Wildman–Crippen MR) is 126 cm³/mol. The summed E-state index contributed by atoms with van der Waals surface area (Å²) in [5, 5.41) is 7.52. The van der Waals surface area contributed by atoms with Crippen LogP contribution in [0.15, 0.2) is 52.4 Å². The minimum atomic E-state index is -3.48. The Bertz CT molecular complexity index is 924. The minimum Gasteiger partial charge on any atom is -0.357 e. The molecule has 0 heterocycles. The van der Waals surface area contributed by atoms with Crippen molar-refractivity contribution >= 4 is 63.2 Å². The second-order valence-corrected chi connectivity index (χ2v) is 8.37. The Morgan fingerprint density at radius 1 is 1.11 bits per heavy atom. The summed E-state index contributed by atoms with van der Waals surface area (Å²) in [6.07, 6.45) is 0. The van der Waals surface area contributed by atoms with Crippen LogP contribution in [0.5, 0.6) is 0 Å². The smallest absolute Gasteiger partial charge is 0.240 e. The van der Waals surface area contributed by atoms with E-state index in [2.05, 4.69) is 20.3 Å². The average Bonchev–Trinajstić information content (AvgIpc) is 2.65. The van der Waals surface area contributed by atoms with Crippen molar-refractivity contribution in [3.8, 4) is 0 Å². The van der Waals surface area contributed by atoms with E-state index < -0.39 is 10.0 Å². The van der Waals surface area contributed by atoms with Crippen LogP contribution in [0.25, 0.3) is 0 Å². The van der Waals surface area contributed by atoms with Crippen LogP contribution in [0.1, 0.15) is 18.1 Å². The number of halogens is 3. The van der Waals surface area contributed by atoms with E-state index in [1.54, 1.807) is 30.3 Å². The summed E-state index contributed by atoms with van der Waals surface area (Å²) in [7, 11) is -2.10. The maximum Gasteiger partial charge on any atom is 0.240 e. The second kappa shape index (κ2) is 11.8. The fraction of sp³-hybridized carbons (Fsp3) is 0.278. The molecule has 2 aromatic carbocycles. The van der Waals surface area contributed by atoms with Crippen molar-refractivity contribution < 1.29 is 8.42 Å². The van der Waals surface area contributed by atoms with Gasteiger partial charge in [0.1, 0.15) is 0 Å². The maximum absolute atomic E-state index is 11.9. The third-order valence-electron chi connectivity index (χ3n) is 3.70. The Labute approximate surface area is 193 Å². The summed E-state index contributed by atoms with van der Waals surface area (Å²) in [4.78, 5) is 4.72. The third kappa shape index (κ3) is 7.40. The quantitative estimate of drug-likeness (QED) is 0.275. The van der Waals surface area contributed by atoms with Gasteiger partial charge in [-0.3, -0.25) is 0 Å². The minimum absolute atomic E-state index is 0. The lowest BCUT2D eigenvalue weighted by Crippen LogP contribution is -2.36. The normalized spacial score (nSPS) is 11.6. The number of nitrogens with one attached hydrogen (secondary N) is 3. The number of aliphatic imine (C=N–C) groups is 1. The molecule has 3 N–H and O–H groups in total. The number of benzene rings is 2. The van der Waals surface area contributed by atoms with Gasteiger partial charge in [0.2, 0.25) is 10.0 Å². The van der Waals surface area contributed by atoms with E-state index >= 15 is 0 Å². The van der Waals surface area contributed by atoms with E-state index in [0.717, 1.165) is 11.1 Å². The molecule has 0 amide bonds. The molecular weight excluding hydrogens is 534 g/mol. The molecule has 0 aliphatic heterocycles. The summed E-state index contributed by atoms with van der Waals surface area (Å²) in [5.41, 5.74) is 1.68. The molecule has 0 aliphatic carbocycles. The second-order valence-electron chi connectivity index (χ2n) is 5.64. The van der Waals surface area contributed by atoms with Crippen LogP contribution < -0.4 is 15.4 Å².